The molecule has 1 aromatic carbocycles. The fourth-order valence-electron chi connectivity index (χ4n) is 1.14. The SMILES string of the molecule is COc1nnc2ccccc2c1I. The van der Waals surface area contributed by atoms with Crippen LogP contribution in [0.1, 0.15) is 0 Å². The summed E-state index contributed by atoms with van der Waals surface area (Å²) in [6.07, 6.45) is 0. The van der Waals surface area contributed by atoms with Crippen LogP contribution in [0.2, 0.25) is 0 Å². The molecule has 0 saturated carbocycles. The monoisotopic (exact) mass is 286 g/mol. The fourth-order valence-corrected chi connectivity index (χ4v) is 1.92. The summed E-state index contributed by atoms with van der Waals surface area (Å²) in [6, 6.07) is 7.86. The third kappa shape index (κ3) is 1.46. The Labute approximate surface area is 89.3 Å². The lowest BCUT2D eigenvalue weighted by Gasteiger charge is -2.03. The Morgan fingerprint density at radius 2 is 2.00 bits per heavy atom. The maximum Gasteiger partial charge on any atom is 0.247 e. The highest BCUT2D eigenvalue weighted by atomic mass is 127. The quantitative estimate of drug-likeness (QED) is 0.754. The zero-order valence-corrected chi connectivity index (χ0v) is 9.15. The second-order valence-electron chi connectivity index (χ2n) is 2.54. The number of benzene rings is 1. The van der Waals surface area contributed by atoms with Gasteiger partial charge in [-0.25, -0.2) is 0 Å². The minimum atomic E-state index is 0.583. The normalized spacial score (nSPS) is 10.3. The number of ether oxygens (including phenoxy) is 1. The molecule has 0 bridgehead atoms. The molecule has 3 nitrogen and oxygen atoms in total. The molecule has 0 radical (unpaired) electrons. The van der Waals surface area contributed by atoms with Crippen LogP contribution in [0, 0.1) is 3.57 Å². The van der Waals surface area contributed by atoms with E-state index in [1.165, 1.54) is 0 Å². The highest BCUT2D eigenvalue weighted by Gasteiger charge is 2.06. The molecule has 4 heteroatoms. The van der Waals surface area contributed by atoms with Crippen molar-refractivity contribution in [1.29, 1.82) is 0 Å². The number of rotatable bonds is 1. The average molecular weight is 286 g/mol. The van der Waals surface area contributed by atoms with Crippen LogP contribution in [-0.4, -0.2) is 17.3 Å². The summed E-state index contributed by atoms with van der Waals surface area (Å²) >= 11 is 2.21. The molecule has 0 amide bonds. The molecule has 2 aromatic rings. The number of hydrogen-bond donors (Lipinski definition) is 0. The number of aromatic nitrogens is 2. The van der Waals surface area contributed by atoms with Crippen molar-refractivity contribution in [3.05, 3.63) is 27.8 Å². The van der Waals surface area contributed by atoms with Crippen molar-refractivity contribution in [2.45, 2.75) is 0 Å². The van der Waals surface area contributed by atoms with Crippen molar-refractivity contribution in [3.63, 3.8) is 0 Å². The molecule has 0 N–H and O–H groups in total. The Hall–Kier alpha value is -0.910. The summed E-state index contributed by atoms with van der Waals surface area (Å²) in [5.74, 6) is 0.583. The molecule has 13 heavy (non-hydrogen) atoms. The first-order chi connectivity index (χ1) is 6.33. The van der Waals surface area contributed by atoms with Crippen LogP contribution in [0.25, 0.3) is 10.9 Å². The van der Waals surface area contributed by atoms with Crippen LogP contribution in [-0.2, 0) is 0 Å². The lowest BCUT2D eigenvalue weighted by atomic mass is 10.2. The predicted molar refractivity (Wildman–Crippen MR) is 58.8 cm³/mol. The molecule has 0 unspecified atom stereocenters. The largest absolute Gasteiger partial charge is 0.479 e. The standard InChI is InChI=1S/C9H7IN2O/c1-13-9-8(10)6-4-2-3-5-7(6)11-12-9/h2-5H,1H3. The molecule has 0 aliphatic heterocycles. The molecule has 0 atom stereocenters. The zero-order valence-electron chi connectivity index (χ0n) is 6.99. The van der Waals surface area contributed by atoms with Crippen molar-refractivity contribution >= 4 is 33.5 Å². The van der Waals surface area contributed by atoms with Crippen LogP contribution in [0.15, 0.2) is 24.3 Å². The van der Waals surface area contributed by atoms with Crippen LogP contribution in [0.3, 0.4) is 0 Å². The van der Waals surface area contributed by atoms with E-state index in [1.807, 2.05) is 24.3 Å². The molecule has 1 aromatic heterocycles. The van der Waals surface area contributed by atoms with Gasteiger partial charge in [-0.3, -0.25) is 0 Å². The van der Waals surface area contributed by atoms with Gasteiger partial charge < -0.3 is 4.74 Å². The molecule has 2 rings (SSSR count). The van der Waals surface area contributed by atoms with Gasteiger partial charge in [0.1, 0.15) is 0 Å². The Bertz CT molecular complexity index is 445. The second kappa shape index (κ2) is 3.45. The Morgan fingerprint density at radius 3 is 2.77 bits per heavy atom. The fraction of sp³-hybridized carbons (Fsp3) is 0.111. The van der Waals surface area contributed by atoms with E-state index in [1.54, 1.807) is 7.11 Å². The van der Waals surface area contributed by atoms with E-state index in [0.29, 0.717) is 5.88 Å². The van der Waals surface area contributed by atoms with Crippen molar-refractivity contribution in [2.24, 2.45) is 0 Å². The first-order valence-electron chi connectivity index (χ1n) is 3.78. The van der Waals surface area contributed by atoms with Crippen LogP contribution < -0.4 is 4.74 Å². The summed E-state index contributed by atoms with van der Waals surface area (Å²) < 4.78 is 6.08. The lowest BCUT2D eigenvalue weighted by Crippen LogP contribution is -1.94. The Kier molecular flexibility index (Phi) is 2.30. The van der Waals surface area contributed by atoms with E-state index in [-0.39, 0.29) is 0 Å². The first kappa shape index (κ1) is 8.68. The third-order valence-corrected chi connectivity index (χ3v) is 2.81. The summed E-state index contributed by atoms with van der Waals surface area (Å²) in [4.78, 5) is 0. The molecule has 1 heterocycles. The van der Waals surface area contributed by atoms with Gasteiger partial charge in [0, 0.05) is 5.39 Å². The van der Waals surface area contributed by atoms with Crippen LogP contribution in [0.4, 0.5) is 0 Å². The average Bonchev–Trinajstić information content (AvgIpc) is 2.19. The summed E-state index contributed by atoms with van der Waals surface area (Å²) in [5.41, 5.74) is 0.896. The van der Waals surface area contributed by atoms with Gasteiger partial charge in [-0.2, -0.15) is 0 Å². The topological polar surface area (TPSA) is 35.0 Å². The lowest BCUT2D eigenvalue weighted by molar-refractivity contribution is 0.390. The molecule has 66 valence electrons. The molecular weight excluding hydrogens is 279 g/mol. The van der Waals surface area contributed by atoms with E-state index < -0.39 is 0 Å². The Morgan fingerprint density at radius 1 is 1.23 bits per heavy atom. The molecule has 0 spiro atoms. The van der Waals surface area contributed by atoms with E-state index in [4.69, 9.17) is 4.74 Å². The second-order valence-corrected chi connectivity index (χ2v) is 3.62. The van der Waals surface area contributed by atoms with Crippen molar-refractivity contribution in [3.8, 4) is 5.88 Å². The number of halogens is 1. The molecule has 0 aliphatic rings. The van der Waals surface area contributed by atoms with Crippen LogP contribution in [0.5, 0.6) is 5.88 Å². The van der Waals surface area contributed by atoms with Gasteiger partial charge in [-0.1, -0.05) is 18.2 Å². The van der Waals surface area contributed by atoms with E-state index in [0.717, 1.165) is 14.5 Å². The summed E-state index contributed by atoms with van der Waals surface area (Å²) in [5, 5.41) is 9.06. The zero-order chi connectivity index (χ0) is 9.26. The third-order valence-electron chi connectivity index (χ3n) is 1.77. The van der Waals surface area contributed by atoms with Gasteiger partial charge in [-0.05, 0) is 28.7 Å². The van der Waals surface area contributed by atoms with E-state index in [2.05, 4.69) is 32.8 Å². The number of fused-ring (bicyclic) bond motifs is 1. The molecule has 0 saturated heterocycles. The van der Waals surface area contributed by atoms with Crippen molar-refractivity contribution in [2.75, 3.05) is 7.11 Å². The maximum absolute atomic E-state index is 5.07. The number of nitrogens with zero attached hydrogens (tertiary/aromatic N) is 2. The van der Waals surface area contributed by atoms with Gasteiger partial charge >= 0.3 is 0 Å². The van der Waals surface area contributed by atoms with Gasteiger partial charge in [0.05, 0.1) is 16.2 Å². The first-order valence-corrected chi connectivity index (χ1v) is 4.85. The highest BCUT2D eigenvalue weighted by Crippen LogP contribution is 2.24. The minimum absolute atomic E-state index is 0.583. The van der Waals surface area contributed by atoms with E-state index in [9.17, 15) is 0 Å². The number of methoxy groups -OCH3 is 1. The molecule has 0 aliphatic carbocycles. The van der Waals surface area contributed by atoms with Crippen molar-refractivity contribution in [1.82, 2.24) is 10.2 Å². The predicted octanol–water partition coefficient (Wildman–Crippen LogP) is 2.24. The van der Waals surface area contributed by atoms with Gasteiger partial charge in [0.15, 0.2) is 0 Å². The smallest absolute Gasteiger partial charge is 0.247 e. The Balaban J connectivity index is 2.79. The summed E-state index contributed by atoms with van der Waals surface area (Å²) in [7, 11) is 1.60. The number of hydrogen-bond acceptors (Lipinski definition) is 3. The molecular formula is C9H7IN2O. The van der Waals surface area contributed by atoms with Crippen molar-refractivity contribution < 1.29 is 4.74 Å². The van der Waals surface area contributed by atoms with Gasteiger partial charge in [0.2, 0.25) is 5.88 Å². The van der Waals surface area contributed by atoms with Gasteiger partial charge in [0.25, 0.3) is 0 Å². The van der Waals surface area contributed by atoms with Crippen LogP contribution >= 0.6 is 22.6 Å². The molecule has 0 fully saturated rings. The minimum Gasteiger partial charge on any atom is -0.479 e. The highest BCUT2D eigenvalue weighted by molar-refractivity contribution is 14.1. The van der Waals surface area contributed by atoms with E-state index >= 15 is 0 Å². The summed E-state index contributed by atoms with van der Waals surface area (Å²) in [6.45, 7) is 0. The maximum atomic E-state index is 5.07. The van der Waals surface area contributed by atoms with Gasteiger partial charge in [-0.15, -0.1) is 10.2 Å².